The van der Waals surface area contributed by atoms with Gasteiger partial charge in [-0.1, -0.05) is 11.6 Å². The van der Waals surface area contributed by atoms with Gasteiger partial charge in [-0.3, -0.25) is 0 Å². The molecule has 0 N–H and O–H groups in total. The predicted octanol–water partition coefficient (Wildman–Crippen LogP) is 3.59. The smallest absolute Gasteiger partial charge is 0.159 e. The first-order valence-electron chi connectivity index (χ1n) is 7.47. The summed E-state index contributed by atoms with van der Waals surface area (Å²) in [6, 6.07) is 3.69. The minimum absolute atomic E-state index is 0.269. The summed E-state index contributed by atoms with van der Waals surface area (Å²) in [6.45, 7) is 0.269. The molecule has 1 aliphatic rings. The van der Waals surface area contributed by atoms with E-state index in [2.05, 4.69) is 20.1 Å². The molecule has 1 fully saturated rings. The minimum Gasteiger partial charge on any atom is -0.238 e. The molecule has 0 saturated heterocycles. The van der Waals surface area contributed by atoms with Gasteiger partial charge < -0.3 is 0 Å². The second-order valence-corrected chi connectivity index (χ2v) is 6.11. The molecule has 3 aromatic rings. The van der Waals surface area contributed by atoms with Gasteiger partial charge in [-0.05, 0) is 31.0 Å². The molecule has 122 valence electrons. The van der Waals surface area contributed by atoms with E-state index in [1.165, 1.54) is 18.5 Å². The van der Waals surface area contributed by atoms with Gasteiger partial charge in [-0.25, -0.2) is 28.4 Å². The van der Waals surface area contributed by atoms with Gasteiger partial charge in [-0.15, -0.1) is 0 Å². The van der Waals surface area contributed by atoms with E-state index in [0.717, 1.165) is 25.0 Å². The van der Waals surface area contributed by atoms with Gasteiger partial charge >= 0.3 is 0 Å². The lowest BCUT2D eigenvalue weighted by Gasteiger charge is -2.05. The van der Waals surface area contributed by atoms with E-state index in [9.17, 15) is 8.78 Å². The third-order valence-electron chi connectivity index (χ3n) is 3.77. The zero-order chi connectivity index (χ0) is 16.7. The number of hydrogen-bond donors (Lipinski definition) is 0. The lowest BCUT2D eigenvalue weighted by Crippen LogP contribution is -2.08. The van der Waals surface area contributed by atoms with Crippen LogP contribution in [0, 0.1) is 11.6 Å². The molecular weight excluding hydrogens is 336 g/mol. The Kier molecular flexibility index (Phi) is 3.72. The number of benzene rings is 1. The summed E-state index contributed by atoms with van der Waals surface area (Å²) in [6.07, 6.45) is 5.08. The maximum atomic E-state index is 13.6. The third-order valence-corrected chi connectivity index (χ3v) is 3.97. The first kappa shape index (κ1) is 15.1. The van der Waals surface area contributed by atoms with Gasteiger partial charge in [0.05, 0.1) is 5.02 Å². The van der Waals surface area contributed by atoms with Crippen LogP contribution >= 0.6 is 11.6 Å². The van der Waals surface area contributed by atoms with E-state index in [1.807, 2.05) is 0 Å². The monoisotopic (exact) mass is 347 g/mol. The van der Waals surface area contributed by atoms with Crippen molar-refractivity contribution >= 4 is 11.6 Å². The zero-order valence-electron chi connectivity index (χ0n) is 12.5. The highest BCUT2D eigenvalue weighted by Crippen LogP contribution is 2.39. The summed E-state index contributed by atoms with van der Waals surface area (Å²) in [4.78, 5) is 12.8. The molecular formula is C16H12ClF2N5. The van der Waals surface area contributed by atoms with Crippen molar-refractivity contribution in [3.8, 4) is 11.4 Å². The fraction of sp³-hybridized carbons (Fsp3) is 0.250. The van der Waals surface area contributed by atoms with E-state index in [4.69, 9.17) is 11.6 Å². The second-order valence-electron chi connectivity index (χ2n) is 5.67. The Morgan fingerprint density at radius 2 is 1.88 bits per heavy atom. The Balaban J connectivity index is 1.74. The SMILES string of the molecule is Fc1ccc(-c2nc(C3CC3)nn2Cc2ncc(Cl)cn2)cc1F. The van der Waals surface area contributed by atoms with E-state index in [1.54, 1.807) is 4.68 Å². The van der Waals surface area contributed by atoms with Crippen molar-refractivity contribution < 1.29 is 8.78 Å². The van der Waals surface area contributed by atoms with Gasteiger partial charge in [0.1, 0.15) is 12.4 Å². The van der Waals surface area contributed by atoms with Crippen molar-refractivity contribution in [1.29, 1.82) is 0 Å². The largest absolute Gasteiger partial charge is 0.238 e. The summed E-state index contributed by atoms with van der Waals surface area (Å²) in [5.41, 5.74) is 0.460. The Bertz CT molecular complexity index is 890. The van der Waals surface area contributed by atoms with Crippen LogP contribution in [0.1, 0.15) is 30.4 Å². The van der Waals surface area contributed by atoms with Crippen LogP contribution in [0.3, 0.4) is 0 Å². The molecule has 5 nitrogen and oxygen atoms in total. The van der Waals surface area contributed by atoms with Crippen molar-refractivity contribution in [2.45, 2.75) is 25.3 Å². The molecule has 2 aromatic heterocycles. The molecule has 0 unspecified atom stereocenters. The van der Waals surface area contributed by atoms with Crippen molar-refractivity contribution in [3.05, 3.63) is 58.9 Å². The van der Waals surface area contributed by atoms with Crippen LogP contribution < -0.4 is 0 Å². The Morgan fingerprint density at radius 3 is 2.54 bits per heavy atom. The Morgan fingerprint density at radius 1 is 1.12 bits per heavy atom. The highest BCUT2D eigenvalue weighted by Gasteiger charge is 2.29. The molecule has 0 atom stereocenters. The van der Waals surface area contributed by atoms with Crippen molar-refractivity contribution in [2.24, 2.45) is 0 Å². The van der Waals surface area contributed by atoms with Gasteiger partial charge in [0, 0.05) is 23.9 Å². The van der Waals surface area contributed by atoms with Crippen LogP contribution in [-0.4, -0.2) is 24.7 Å². The van der Waals surface area contributed by atoms with Crippen LogP contribution in [0.4, 0.5) is 8.78 Å². The summed E-state index contributed by atoms with van der Waals surface area (Å²) in [7, 11) is 0. The van der Waals surface area contributed by atoms with Gasteiger partial charge in [0.15, 0.2) is 23.3 Å². The number of aromatic nitrogens is 5. The van der Waals surface area contributed by atoms with Crippen LogP contribution in [0.15, 0.2) is 30.6 Å². The van der Waals surface area contributed by atoms with E-state index >= 15 is 0 Å². The first-order valence-corrected chi connectivity index (χ1v) is 7.84. The van der Waals surface area contributed by atoms with Crippen molar-refractivity contribution in [1.82, 2.24) is 24.7 Å². The summed E-state index contributed by atoms with van der Waals surface area (Å²) < 4.78 is 28.4. The van der Waals surface area contributed by atoms with Crippen LogP contribution in [0.5, 0.6) is 0 Å². The first-order chi connectivity index (χ1) is 11.6. The molecule has 0 bridgehead atoms. The predicted molar refractivity (Wildman–Crippen MR) is 83.5 cm³/mol. The normalized spacial score (nSPS) is 14.1. The standard InChI is InChI=1S/C16H12ClF2N5/c17-11-6-20-14(21-7-11)8-24-16(22-15(23-24)9-1-2-9)10-3-4-12(18)13(19)5-10/h3-7,9H,1-2,8H2. The molecule has 1 aromatic carbocycles. The lowest BCUT2D eigenvalue weighted by atomic mass is 10.2. The Labute approximate surface area is 141 Å². The fourth-order valence-electron chi connectivity index (χ4n) is 2.39. The quantitative estimate of drug-likeness (QED) is 0.723. The van der Waals surface area contributed by atoms with Crippen LogP contribution in [0.2, 0.25) is 5.02 Å². The number of rotatable bonds is 4. The van der Waals surface area contributed by atoms with E-state index in [0.29, 0.717) is 34.0 Å². The average molecular weight is 348 g/mol. The molecule has 8 heteroatoms. The molecule has 0 radical (unpaired) electrons. The number of hydrogen-bond acceptors (Lipinski definition) is 4. The van der Waals surface area contributed by atoms with Crippen LogP contribution in [0.25, 0.3) is 11.4 Å². The molecule has 1 saturated carbocycles. The molecule has 0 amide bonds. The highest BCUT2D eigenvalue weighted by atomic mass is 35.5. The zero-order valence-corrected chi connectivity index (χ0v) is 13.2. The molecule has 2 heterocycles. The summed E-state index contributed by atoms with van der Waals surface area (Å²) in [5, 5.41) is 4.94. The summed E-state index contributed by atoms with van der Waals surface area (Å²) in [5.74, 6) is 0.209. The van der Waals surface area contributed by atoms with E-state index in [-0.39, 0.29) is 6.54 Å². The third kappa shape index (κ3) is 2.99. The minimum atomic E-state index is -0.919. The van der Waals surface area contributed by atoms with Gasteiger partial charge in [-0.2, -0.15) is 5.10 Å². The van der Waals surface area contributed by atoms with Gasteiger partial charge in [0.25, 0.3) is 0 Å². The molecule has 1 aliphatic carbocycles. The molecule has 0 spiro atoms. The second kappa shape index (κ2) is 5.90. The summed E-state index contributed by atoms with van der Waals surface area (Å²) >= 11 is 5.79. The van der Waals surface area contributed by atoms with Gasteiger partial charge in [0.2, 0.25) is 0 Å². The molecule has 4 rings (SSSR count). The number of nitrogens with zero attached hydrogens (tertiary/aromatic N) is 5. The fourth-order valence-corrected chi connectivity index (χ4v) is 2.49. The van der Waals surface area contributed by atoms with Crippen LogP contribution in [-0.2, 0) is 6.54 Å². The highest BCUT2D eigenvalue weighted by molar-refractivity contribution is 6.30. The average Bonchev–Trinajstić information content (AvgIpc) is 3.34. The molecule has 0 aliphatic heterocycles. The van der Waals surface area contributed by atoms with Crippen molar-refractivity contribution in [3.63, 3.8) is 0 Å². The lowest BCUT2D eigenvalue weighted by molar-refractivity contribution is 0.509. The van der Waals surface area contributed by atoms with E-state index < -0.39 is 11.6 Å². The maximum Gasteiger partial charge on any atom is 0.159 e. The van der Waals surface area contributed by atoms with Crippen molar-refractivity contribution in [2.75, 3.05) is 0 Å². The topological polar surface area (TPSA) is 56.5 Å². The molecule has 24 heavy (non-hydrogen) atoms. The maximum absolute atomic E-state index is 13.6. The number of halogens is 3. The Hall–Kier alpha value is -2.41.